The second-order valence-corrected chi connectivity index (χ2v) is 8.29. The SMILES string of the molecule is CC(C)(C)OC(=O)NC/C(=C\F)COc1ccc2c(F)c(N3CCOCC3)ccc2c1. The second kappa shape index (κ2) is 9.96. The van der Waals surface area contributed by atoms with Crippen molar-refractivity contribution in [1.82, 2.24) is 5.32 Å². The zero-order valence-corrected chi connectivity index (χ0v) is 18.0. The Bertz CT molecular complexity index is 950. The number of benzene rings is 2. The lowest BCUT2D eigenvalue weighted by Gasteiger charge is -2.29. The van der Waals surface area contributed by atoms with Crippen LogP contribution in [0.15, 0.2) is 42.2 Å². The molecule has 1 aliphatic rings. The molecule has 1 N–H and O–H groups in total. The summed E-state index contributed by atoms with van der Waals surface area (Å²) in [5.41, 5.74) is 0.155. The fraction of sp³-hybridized carbons (Fsp3) is 0.435. The van der Waals surface area contributed by atoms with E-state index in [4.69, 9.17) is 14.2 Å². The van der Waals surface area contributed by atoms with Crippen LogP contribution in [0.3, 0.4) is 0 Å². The Morgan fingerprint density at radius 2 is 1.97 bits per heavy atom. The summed E-state index contributed by atoms with van der Waals surface area (Å²) in [5.74, 6) is 0.194. The van der Waals surface area contributed by atoms with Gasteiger partial charge < -0.3 is 24.4 Å². The third-order valence-corrected chi connectivity index (χ3v) is 4.69. The summed E-state index contributed by atoms with van der Waals surface area (Å²) < 4.78 is 44.3. The number of amides is 1. The van der Waals surface area contributed by atoms with Gasteiger partial charge in [-0.3, -0.25) is 0 Å². The fourth-order valence-corrected chi connectivity index (χ4v) is 3.19. The van der Waals surface area contributed by atoms with Crippen molar-refractivity contribution in [2.45, 2.75) is 26.4 Å². The van der Waals surface area contributed by atoms with Crippen LogP contribution in [-0.4, -0.2) is 51.1 Å². The topological polar surface area (TPSA) is 60.0 Å². The Morgan fingerprint density at radius 3 is 2.65 bits per heavy atom. The van der Waals surface area contributed by atoms with Gasteiger partial charge in [0.05, 0.1) is 25.2 Å². The summed E-state index contributed by atoms with van der Waals surface area (Å²) in [7, 11) is 0. The molecule has 0 saturated carbocycles. The van der Waals surface area contributed by atoms with Gasteiger partial charge in [0, 0.05) is 30.6 Å². The molecule has 1 heterocycles. The van der Waals surface area contributed by atoms with E-state index in [0.717, 1.165) is 0 Å². The molecule has 0 bridgehead atoms. The lowest BCUT2D eigenvalue weighted by atomic mass is 10.1. The van der Waals surface area contributed by atoms with Gasteiger partial charge in [-0.1, -0.05) is 6.07 Å². The highest BCUT2D eigenvalue weighted by Crippen LogP contribution is 2.30. The number of carbonyl (C=O) groups excluding carboxylic acids is 1. The molecule has 168 valence electrons. The third-order valence-electron chi connectivity index (χ3n) is 4.69. The molecule has 1 saturated heterocycles. The maximum absolute atomic E-state index is 15.0. The first-order valence-electron chi connectivity index (χ1n) is 10.2. The molecule has 1 amide bonds. The largest absolute Gasteiger partial charge is 0.489 e. The molecule has 1 fully saturated rings. The van der Waals surface area contributed by atoms with Gasteiger partial charge in [-0.05, 0) is 50.4 Å². The molecule has 0 aromatic heterocycles. The Hall–Kier alpha value is -2.87. The first-order chi connectivity index (χ1) is 14.8. The summed E-state index contributed by atoms with van der Waals surface area (Å²) in [6.45, 7) is 7.59. The molecule has 8 heteroatoms. The minimum absolute atomic E-state index is 0.0451. The number of rotatable bonds is 6. The molecule has 2 aromatic rings. The number of nitrogens with one attached hydrogen (secondary N) is 1. The van der Waals surface area contributed by atoms with Crippen molar-refractivity contribution in [2.24, 2.45) is 0 Å². The highest BCUT2D eigenvalue weighted by molar-refractivity contribution is 5.88. The molecule has 6 nitrogen and oxygen atoms in total. The smallest absolute Gasteiger partial charge is 0.407 e. The summed E-state index contributed by atoms with van der Waals surface area (Å²) in [6, 6.07) is 8.60. The number of fused-ring (bicyclic) bond motifs is 1. The van der Waals surface area contributed by atoms with Gasteiger partial charge >= 0.3 is 6.09 Å². The average Bonchev–Trinajstić information content (AvgIpc) is 2.73. The predicted molar refractivity (Wildman–Crippen MR) is 116 cm³/mol. The summed E-state index contributed by atoms with van der Waals surface area (Å²) >= 11 is 0. The van der Waals surface area contributed by atoms with Crippen LogP contribution in [0, 0.1) is 5.82 Å². The van der Waals surface area contributed by atoms with E-state index in [0.29, 0.717) is 54.8 Å². The van der Waals surface area contributed by atoms with E-state index in [1.165, 1.54) is 0 Å². The van der Waals surface area contributed by atoms with Crippen molar-refractivity contribution < 1.29 is 27.8 Å². The number of halogens is 2. The minimum atomic E-state index is -0.637. The zero-order chi connectivity index (χ0) is 22.4. The van der Waals surface area contributed by atoms with Crippen LogP contribution in [0.1, 0.15) is 20.8 Å². The molecule has 2 aromatic carbocycles. The van der Waals surface area contributed by atoms with Crippen molar-refractivity contribution in [2.75, 3.05) is 44.4 Å². The minimum Gasteiger partial charge on any atom is -0.489 e. The van der Waals surface area contributed by atoms with Crippen molar-refractivity contribution in [3.05, 3.63) is 48.1 Å². The summed E-state index contributed by atoms with van der Waals surface area (Å²) in [4.78, 5) is 13.7. The van der Waals surface area contributed by atoms with Crippen LogP contribution in [0.25, 0.3) is 10.8 Å². The second-order valence-electron chi connectivity index (χ2n) is 8.29. The van der Waals surface area contributed by atoms with Crippen molar-refractivity contribution in [3.8, 4) is 5.75 Å². The molecule has 0 atom stereocenters. The van der Waals surface area contributed by atoms with Gasteiger partial charge in [-0.15, -0.1) is 0 Å². The number of nitrogens with zero attached hydrogens (tertiary/aromatic N) is 1. The highest BCUT2D eigenvalue weighted by atomic mass is 19.1. The van der Waals surface area contributed by atoms with Gasteiger partial charge in [-0.2, -0.15) is 0 Å². The normalized spacial score (nSPS) is 15.1. The van der Waals surface area contributed by atoms with Gasteiger partial charge in [0.25, 0.3) is 0 Å². The fourth-order valence-electron chi connectivity index (χ4n) is 3.19. The monoisotopic (exact) mass is 434 g/mol. The average molecular weight is 434 g/mol. The zero-order valence-electron chi connectivity index (χ0n) is 18.0. The van der Waals surface area contributed by atoms with Gasteiger partial charge in [0.1, 0.15) is 18.0 Å². The summed E-state index contributed by atoms with van der Waals surface area (Å²) in [5, 5.41) is 3.66. The maximum atomic E-state index is 15.0. The van der Waals surface area contributed by atoms with Crippen LogP contribution in [0.4, 0.5) is 19.3 Å². The number of ether oxygens (including phenoxy) is 3. The van der Waals surface area contributed by atoms with Crippen LogP contribution in [-0.2, 0) is 9.47 Å². The molecule has 0 spiro atoms. The van der Waals surface area contributed by atoms with Crippen LogP contribution in [0.2, 0.25) is 0 Å². The van der Waals surface area contributed by atoms with Crippen molar-refractivity contribution >= 4 is 22.6 Å². The molecule has 0 aliphatic carbocycles. The number of hydrogen-bond donors (Lipinski definition) is 1. The number of carbonyl (C=O) groups is 1. The first-order valence-corrected chi connectivity index (χ1v) is 10.2. The molecular weight excluding hydrogens is 406 g/mol. The van der Waals surface area contributed by atoms with E-state index in [-0.39, 0.29) is 24.5 Å². The first kappa shape index (κ1) is 22.8. The molecular formula is C23H28F2N2O4. The van der Waals surface area contributed by atoms with E-state index < -0.39 is 11.7 Å². The van der Waals surface area contributed by atoms with E-state index in [1.807, 2.05) is 11.0 Å². The van der Waals surface area contributed by atoms with Crippen molar-refractivity contribution in [3.63, 3.8) is 0 Å². The van der Waals surface area contributed by atoms with E-state index in [9.17, 15) is 9.18 Å². The third kappa shape index (κ3) is 6.30. The van der Waals surface area contributed by atoms with E-state index >= 15 is 4.39 Å². The van der Waals surface area contributed by atoms with Gasteiger partial charge in [0.2, 0.25) is 0 Å². The molecule has 0 radical (unpaired) electrons. The number of morpholine rings is 1. The lowest BCUT2D eigenvalue weighted by molar-refractivity contribution is 0.0531. The highest BCUT2D eigenvalue weighted by Gasteiger charge is 2.18. The summed E-state index contributed by atoms with van der Waals surface area (Å²) in [6.07, 6.45) is -0.240. The van der Waals surface area contributed by atoms with Crippen LogP contribution in [0.5, 0.6) is 5.75 Å². The predicted octanol–water partition coefficient (Wildman–Crippen LogP) is 4.57. The van der Waals surface area contributed by atoms with E-state index in [2.05, 4.69) is 5.32 Å². The van der Waals surface area contributed by atoms with Gasteiger partial charge in [-0.25, -0.2) is 13.6 Å². The quantitative estimate of drug-likeness (QED) is 0.722. The number of hydrogen-bond acceptors (Lipinski definition) is 5. The number of anilines is 1. The number of alkyl carbamates (subject to hydrolysis) is 1. The lowest BCUT2D eigenvalue weighted by Crippen LogP contribution is -2.36. The Kier molecular flexibility index (Phi) is 7.33. The van der Waals surface area contributed by atoms with Crippen LogP contribution >= 0.6 is 0 Å². The van der Waals surface area contributed by atoms with E-state index in [1.54, 1.807) is 45.0 Å². The Labute approximate surface area is 180 Å². The van der Waals surface area contributed by atoms with Crippen molar-refractivity contribution in [1.29, 1.82) is 0 Å². The van der Waals surface area contributed by atoms with Crippen LogP contribution < -0.4 is 15.0 Å². The Morgan fingerprint density at radius 1 is 1.23 bits per heavy atom. The maximum Gasteiger partial charge on any atom is 0.407 e. The molecule has 0 unspecified atom stereocenters. The molecule has 31 heavy (non-hydrogen) atoms. The standard InChI is InChI=1S/C23H28F2N2O4/c1-23(2,3)31-22(28)26-14-16(13-24)15-30-18-5-6-19-17(12-18)4-7-20(21(19)25)27-8-10-29-11-9-27/h4-7,12-13H,8-11,14-15H2,1-3H3,(H,26,28)/b16-13+. The molecule has 1 aliphatic heterocycles. The Balaban J connectivity index is 1.62. The molecule has 3 rings (SSSR count). The van der Waals surface area contributed by atoms with Gasteiger partial charge in [0.15, 0.2) is 5.82 Å².